The highest BCUT2D eigenvalue weighted by Crippen LogP contribution is 2.50. The number of rotatable bonds is 6. The lowest BCUT2D eigenvalue weighted by molar-refractivity contribution is -0.217. The van der Waals surface area contributed by atoms with Crippen molar-refractivity contribution in [2.24, 2.45) is 11.8 Å². The molecule has 0 amide bonds. The topological polar surface area (TPSA) is 18.5 Å². The van der Waals surface area contributed by atoms with E-state index in [-0.39, 0.29) is 42.1 Å². The molecule has 2 nitrogen and oxygen atoms in total. The third-order valence-electron chi connectivity index (χ3n) is 6.28. The summed E-state index contributed by atoms with van der Waals surface area (Å²) < 4.78 is 69.9. The molecule has 1 saturated carbocycles. The fourth-order valence-electron chi connectivity index (χ4n) is 4.51. The van der Waals surface area contributed by atoms with Crippen LogP contribution in [0.2, 0.25) is 0 Å². The predicted octanol–water partition coefficient (Wildman–Crippen LogP) is 6.39. The van der Waals surface area contributed by atoms with Crippen LogP contribution in [0, 0.1) is 23.5 Å². The van der Waals surface area contributed by atoms with Gasteiger partial charge in [0.1, 0.15) is 0 Å². The summed E-state index contributed by atoms with van der Waals surface area (Å²) in [6, 6.07) is 2.75. The maximum atomic E-state index is 15.0. The van der Waals surface area contributed by atoms with E-state index in [1.165, 1.54) is 12.1 Å². The van der Waals surface area contributed by atoms with Crippen LogP contribution < -0.4 is 0 Å². The second-order valence-electron chi connectivity index (χ2n) is 8.15. The number of ether oxygens (including phenoxy) is 2. The molecule has 0 aromatic heterocycles. The molecule has 2 unspecified atom stereocenters. The largest absolute Gasteiger partial charge is 0.352 e. The first-order valence-electron chi connectivity index (χ1n) is 10.6. The summed E-state index contributed by atoms with van der Waals surface area (Å²) in [6.45, 7) is 4.46. The standard InChI is InChI=1S/C23H30F4O2/c1-3-5-6-7-20-28-13-17(14-29-20)16-9-11-19(23(26,27)12-16)18-10-8-15(4-2)21(24)22(18)25/h3,5,8,10,16-17,19-20H,4,6-7,9,11-14H2,1-2H3/b5-3+. The quantitative estimate of drug-likeness (QED) is 0.397. The number of benzene rings is 1. The molecule has 29 heavy (non-hydrogen) atoms. The summed E-state index contributed by atoms with van der Waals surface area (Å²) in [7, 11) is 0. The summed E-state index contributed by atoms with van der Waals surface area (Å²) in [4.78, 5) is 0. The fourth-order valence-corrected chi connectivity index (χ4v) is 4.51. The van der Waals surface area contributed by atoms with Crippen LogP contribution in [0.3, 0.4) is 0 Å². The van der Waals surface area contributed by atoms with Gasteiger partial charge in [-0.2, -0.15) is 0 Å². The molecule has 1 aliphatic carbocycles. The van der Waals surface area contributed by atoms with E-state index in [2.05, 4.69) is 0 Å². The molecule has 162 valence electrons. The molecular weight excluding hydrogens is 384 g/mol. The van der Waals surface area contributed by atoms with Crippen molar-refractivity contribution in [3.05, 3.63) is 47.0 Å². The van der Waals surface area contributed by atoms with Gasteiger partial charge in [-0.3, -0.25) is 0 Å². The van der Waals surface area contributed by atoms with Gasteiger partial charge in [0.05, 0.1) is 19.1 Å². The Morgan fingerprint density at radius 1 is 1.07 bits per heavy atom. The first kappa shape index (κ1) is 22.3. The number of halogens is 4. The highest BCUT2D eigenvalue weighted by Gasteiger charge is 2.49. The molecule has 1 saturated heterocycles. The third kappa shape index (κ3) is 5.02. The minimum atomic E-state index is -3.09. The molecule has 1 aliphatic heterocycles. The molecule has 6 heteroatoms. The molecule has 0 spiro atoms. The van der Waals surface area contributed by atoms with Gasteiger partial charge in [0.15, 0.2) is 17.9 Å². The van der Waals surface area contributed by atoms with Crippen LogP contribution in [0.15, 0.2) is 24.3 Å². The molecule has 1 heterocycles. The maximum Gasteiger partial charge on any atom is 0.255 e. The van der Waals surface area contributed by atoms with E-state index >= 15 is 0 Å². The molecule has 2 aliphatic rings. The van der Waals surface area contributed by atoms with Gasteiger partial charge >= 0.3 is 0 Å². The Morgan fingerprint density at radius 2 is 1.79 bits per heavy atom. The molecule has 0 N–H and O–H groups in total. The van der Waals surface area contributed by atoms with Crippen molar-refractivity contribution >= 4 is 0 Å². The van der Waals surface area contributed by atoms with E-state index in [9.17, 15) is 17.6 Å². The zero-order valence-electron chi connectivity index (χ0n) is 17.1. The second kappa shape index (κ2) is 9.61. The summed E-state index contributed by atoms with van der Waals surface area (Å²) in [6.07, 6.45) is 5.95. The van der Waals surface area contributed by atoms with Crippen LogP contribution in [0.1, 0.15) is 63.0 Å². The Balaban J connectivity index is 1.62. The number of alkyl halides is 2. The number of allylic oxidation sites excluding steroid dienone is 2. The summed E-state index contributed by atoms with van der Waals surface area (Å²) in [5.74, 6) is -6.85. The molecular formula is C23H30F4O2. The lowest BCUT2D eigenvalue weighted by Gasteiger charge is -2.41. The molecule has 0 radical (unpaired) electrons. The van der Waals surface area contributed by atoms with Gasteiger partial charge in [-0.25, -0.2) is 17.6 Å². The first-order valence-corrected chi connectivity index (χ1v) is 10.6. The molecule has 1 aromatic rings. The van der Waals surface area contributed by atoms with Gasteiger partial charge in [-0.1, -0.05) is 31.2 Å². The smallest absolute Gasteiger partial charge is 0.255 e. The van der Waals surface area contributed by atoms with E-state index in [1.807, 2.05) is 19.1 Å². The Hall–Kier alpha value is -1.40. The molecule has 0 bridgehead atoms. The van der Waals surface area contributed by atoms with Gasteiger partial charge in [0.2, 0.25) is 0 Å². The van der Waals surface area contributed by atoms with Crippen molar-refractivity contribution in [2.75, 3.05) is 13.2 Å². The Morgan fingerprint density at radius 3 is 2.41 bits per heavy atom. The van der Waals surface area contributed by atoms with Crippen LogP contribution >= 0.6 is 0 Å². The Kier molecular flexibility index (Phi) is 7.38. The van der Waals surface area contributed by atoms with Gasteiger partial charge in [0.25, 0.3) is 5.92 Å². The molecule has 3 rings (SSSR count). The van der Waals surface area contributed by atoms with E-state index in [4.69, 9.17) is 9.47 Å². The molecule has 2 atom stereocenters. The lowest BCUT2D eigenvalue weighted by atomic mass is 9.71. The highest BCUT2D eigenvalue weighted by molar-refractivity contribution is 5.31. The predicted molar refractivity (Wildman–Crippen MR) is 104 cm³/mol. The van der Waals surface area contributed by atoms with Crippen LogP contribution in [0.25, 0.3) is 0 Å². The summed E-state index contributed by atoms with van der Waals surface area (Å²) >= 11 is 0. The van der Waals surface area contributed by atoms with E-state index < -0.39 is 23.5 Å². The van der Waals surface area contributed by atoms with Crippen LogP contribution in [-0.4, -0.2) is 25.4 Å². The zero-order chi connectivity index (χ0) is 21.0. The minimum absolute atomic E-state index is 0.0937. The normalized spacial score (nSPS) is 30.0. The van der Waals surface area contributed by atoms with Crippen molar-refractivity contribution in [1.82, 2.24) is 0 Å². The van der Waals surface area contributed by atoms with Crippen LogP contribution in [0.5, 0.6) is 0 Å². The maximum absolute atomic E-state index is 15.0. The van der Waals surface area contributed by atoms with E-state index in [1.54, 1.807) is 6.92 Å². The van der Waals surface area contributed by atoms with Crippen molar-refractivity contribution < 1.29 is 27.0 Å². The average Bonchev–Trinajstić information content (AvgIpc) is 2.70. The van der Waals surface area contributed by atoms with Crippen molar-refractivity contribution in [3.63, 3.8) is 0 Å². The Bertz CT molecular complexity index is 711. The number of hydrogen-bond donors (Lipinski definition) is 0. The first-order chi connectivity index (χ1) is 13.9. The van der Waals surface area contributed by atoms with Gasteiger partial charge in [0, 0.05) is 18.8 Å². The van der Waals surface area contributed by atoms with Crippen molar-refractivity contribution in [3.8, 4) is 0 Å². The minimum Gasteiger partial charge on any atom is -0.352 e. The Labute approximate surface area is 170 Å². The summed E-state index contributed by atoms with van der Waals surface area (Å²) in [5, 5.41) is 0. The highest BCUT2D eigenvalue weighted by atomic mass is 19.3. The number of aryl methyl sites for hydroxylation is 1. The van der Waals surface area contributed by atoms with Crippen molar-refractivity contribution in [1.29, 1.82) is 0 Å². The second-order valence-corrected chi connectivity index (χ2v) is 8.15. The van der Waals surface area contributed by atoms with Crippen LogP contribution in [-0.2, 0) is 15.9 Å². The number of hydrogen-bond acceptors (Lipinski definition) is 2. The van der Waals surface area contributed by atoms with Crippen LogP contribution in [0.4, 0.5) is 17.6 Å². The lowest BCUT2D eigenvalue weighted by Crippen LogP contribution is -2.42. The average molecular weight is 414 g/mol. The van der Waals surface area contributed by atoms with E-state index in [0.29, 0.717) is 26.1 Å². The van der Waals surface area contributed by atoms with E-state index in [0.717, 1.165) is 12.8 Å². The molecule has 1 aromatic carbocycles. The van der Waals surface area contributed by atoms with Gasteiger partial charge < -0.3 is 9.47 Å². The molecule has 2 fully saturated rings. The van der Waals surface area contributed by atoms with Gasteiger partial charge in [-0.05, 0) is 49.7 Å². The zero-order valence-corrected chi connectivity index (χ0v) is 17.1. The SMILES string of the molecule is C/C=C/CCC1OCC(C2CCC(c3ccc(CC)c(F)c3F)C(F)(F)C2)CO1. The van der Waals surface area contributed by atoms with Gasteiger partial charge in [-0.15, -0.1) is 0 Å². The monoisotopic (exact) mass is 414 g/mol. The summed E-state index contributed by atoms with van der Waals surface area (Å²) in [5.41, 5.74) is 0.00655. The van der Waals surface area contributed by atoms with Crippen molar-refractivity contribution in [2.45, 2.75) is 70.5 Å². The third-order valence-corrected chi connectivity index (χ3v) is 6.28. The fraction of sp³-hybridized carbons (Fsp3) is 0.652.